The molecule has 1 heterocycles. The number of carboxylic acids is 1. The van der Waals surface area contributed by atoms with Crippen LogP contribution in [0.15, 0.2) is 18.2 Å². The van der Waals surface area contributed by atoms with Crippen molar-refractivity contribution in [3.05, 3.63) is 23.9 Å². The lowest BCUT2D eigenvalue weighted by atomic mass is 9.99. The molecule has 0 radical (unpaired) electrons. The Morgan fingerprint density at radius 1 is 1.44 bits per heavy atom. The van der Waals surface area contributed by atoms with E-state index in [-0.39, 0.29) is 18.3 Å². The molecule has 1 aromatic rings. The second-order valence-electron chi connectivity index (χ2n) is 4.69. The van der Waals surface area contributed by atoms with Gasteiger partial charge in [-0.15, -0.1) is 0 Å². The van der Waals surface area contributed by atoms with E-state index in [9.17, 15) is 9.90 Å². The van der Waals surface area contributed by atoms with Gasteiger partial charge in [0.05, 0.1) is 12.6 Å². The highest BCUT2D eigenvalue weighted by Crippen LogP contribution is 2.29. The predicted molar refractivity (Wildman–Crippen MR) is 67.7 cm³/mol. The zero-order valence-corrected chi connectivity index (χ0v) is 10.2. The molecule has 1 fully saturated rings. The number of anilines is 1. The van der Waals surface area contributed by atoms with Gasteiger partial charge >= 0.3 is 5.97 Å². The molecule has 0 amide bonds. The molecular weight excluding hydrogens is 232 g/mol. The number of aromatic carboxylic acids is 1. The van der Waals surface area contributed by atoms with Crippen molar-refractivity contribution in [3.8, 4) is 0 Å². The summed E-state index contributed by atoms with van der Waals surface area (Å²) in [5.41, 5.74) is 0.0168. The number of nitrogens with zero attached hydrogens (tertiary/aromatic N) is 1. The number of carboxylic acid groups (broad SMARTS) is 1. The molecular formula is C13H18N2O3. The number of hydrogen-bond donors (Lipinski definition) is 3. The molecule has 98 valence electrons. The molecule has 0 aliphatic heterocycles. The minimum Gasteiger partial charge on any atom is -0.477 e. The molecule has 3 N–H and O–H groups in total. The summed E-state index contributed by atoms with van der Waals surface area (Å²) >= 11 is 0. The fourth-order valence-electron chi connectivity index (χ4n) is 2.50. The predicted octanol–water partition coefficient (Wildman–Crippen LogP) is 1.74. The van der Waals surface area contributed by atoms with E-state index in [0.717, 1.165) is 12.8 Å². The third kappa shape index (κ3) is 2.98. The van der Waals surface area contributed by atoms with Gasteiger partial charge in [-0.3, -0.25) is 0 Å². The highest BCUT2D eigenvalue weighted by molar-refractivity contribution is 5.85. The van der Waals surface area contributed by atoms with Crippen LogP contribution in [-0.2, 0) is 0 Å². The summed E-state index contributed by atoms with van der Waals surface area (Å²) < 4.78 is 0. The Bertz CT molecular complexity index is 416. The van der Waals surface area contributed by atoms with Crippen molar-refractivity contribution in [1.82, 2.24) is 4.98 Å². The minimum absolute atomic E-state index is 0.0168. The monoisotopic (exact) mass is 250 g/mol. The lowest BCUT2D eigenvalue weighted by molar-refractivity contribution is 0.0690. The summed E-state index contributed by atoms with van der Waals surface area (Å²) in [7, 11) is 0. The van der Waals surface area contributed by atoms with E-state index in [1.54, 1.807) is 12.1 Å². The second-order valence-corrected chi connectivity index (χ2v) is 4.69. The highest BCUT2D eigenvalue weighted by Gasteiger charge is 2.24. The second kappa shape index (κ2) is 5.82. The topological polar surface area (TPSA) is 82.5 Å². The summed E-state index contributed by atoms with van der Waals surface area (Å²) in [5, 5.41) is 21.4. The average molecular weight is 250 g/mol. The fraction of sp³-hybridized carbons (Fsp3) is 0.538. The van der Waals surface area contributed by atoms with Crippen LogP contribution >= 0.6 is 0 Å². The van der Waals surface area contributed by atoms with Gasteiger partial charge in [0.25, 0.3) is 0 Å². The van der Waals surface area contributed by atoms with Gasteiger partial charge in [0, 0.05) is 0 Å². The maximum atomic E-state index is 10.8. The van der Waals surface area contributed by atoms with Gasteiger partial charge in [-0.05, 0) is 30.9 Å². The Kier molecular flexibility index (Phi) is 4.15. The van der Waals surface area contributed by atoms with Gasteiger partial charge in [-0.25, -0.2) is 9.78 Å². The Morgan fingerprint density at radius 3 is 2.78 bits per heavy atom. The van der Waals surface area contributed by atoms with Crippen molar-refractivity contribution in [3.63, 3.8) is 0 Å². The van der Waals surface area contributed by atoms with Crippen LogP contribution in [0.25, 0.3) is 0 Å². The SMILES string of the molecule is O=C(O)c1cccc(NC(CO)C2CCCC2)n1. The summed E-state index contributed by atoms with van der Waals surface area (Å²) in [6.07, 6.45) is 4.62. The Hall–Kier alpha value is -1.62. The molecule has 1 unspecified atom stereocenters. The number of rotatable bonds is 5. The number of aromatic nitrogens is 1. The van der Waals surface area contributed by atoms with Gasteiger partial charge in [0.1, 0.15) is 5.82 Å². The molecule has 0 aromatic carbocycles. The smallest absolute Gasteiger partial charge is 0.354 e. The normalized spacial score (nSPS) is 17.6. The summed E-state index contributed by atoms with van der Waals surface area (Å²) in [6.45, 7) is 0.0453. The number of carbonyl (C=O) groups is 1. The Labute approximate surface area is 106 Å². The first kappa shape index (κ1) is 12.8. The largest absolute Gasteiger partial charge is 0.477 e. The van der Waals surface area contributed by atoms with E-state index in [0.29, 0.717) is 11.7 Å². The molecule has 0 bridgehead atoms. The van der Waals surface area contributed by atoms with E-state index in [2.05, 4.69) is 10.3 Å². The summed E-state index contributed by atoms with van der Waals surface area (Å²) in [6, 6.07) is 4.80. The van der Waals surface area contributed by atoms with Gasteiger partial charge < -0.3 is 15.5 Å². The standard InChI is InChI=1S/C13H18N2O3/c16-8-11(9-4-1-2-5-9)15-12-7-3-6-10(14-12)13(17)18/h3,6-7,9,11,16H,1-2,4-5,8H2,(H,14,15)(H,17,18). The number of hydrogen-bond acceptors (Lipinski definition) is 4. The van der Waals surface area contributed by atoms with Crippen LogP contribution in [0.3, 0.4) is 0 Å². The first-order valence-electron chi connectivity index (χ1n) is 6.28. The maximum absolute atomic E-state index is 10.8. The van der Waals surface area contributed by atoms with E-state index >= 15 is 0 Å². The van der Waals surface area contributed by atoms with Crippen molar-refractivity contribution in [2.75, 3.05) is 11.9 Å². The van der Waals surface area contributed by atoms with Crippen molar-refractivity contribution >= 4 is 11.8 Å². The van der Waals surface area contributed by atoms with Crippen molar-refractivity contribution in [1.29, 1.82) is 0 Å². The molecule has 0 saturated heterocycles. The number of aliphatic hydroxyl groups excluding tert-OH is 1. The molecule has 5 nitrogen and oxygen atoms in total. The Balaban J connectivity index is 2.06. The number of nitrogens with one attached hydrogen (secondary N) is 1. The Morgan fingerprint density at radius 2 is 2.17 bits per heavy atom. The average Bonchev–Trinajstić information content (AvgIpc) is 2.90. The quantitative estimate of drug-likeness (QED) is 0.741. The molecule has 1 atom stereocenters. The van der Waals surface area contributed by atoms with Crippen LogP contribution in [0.2, 0.25) is 0 Å². The molecule has 1 aliphatic rings. The molecule has 2 rings (SSSR count). The highest BCUT2D eigenvalue weighted by atomic mass is 16.4. The molecule has 1 saturated carbocycles. The molecule has 5 heteroatoms. The summed E-state index contributed by atoms with van der Waals surface area (Å²) in [5.74, 6) is -0.0776. The summed E-state index contributed by atoms with van der Waals surface area (Å²) in [4.78, 5) is 14.8. The third-order valence-corrected chi connectivity index (χ3v) is 3.47. The van der Waals surface area contributed by atoms with Gasteiger partial charge in [-0.1, -0.05) is 18.9 Å². The lowest BCUT2D eigenvalue weighted by Gasteiger charge is -2.23. The van der Waals surface area contributed by atoms with E-state index in [4.69, 9.17) is 5.11 Å². The van der Waals surface area contributed by atoms with Gasteiger partial charge in [0.15, 0.2) is 5.69 Å². The third-order valence-electron chi connectivity index (χ3n) is 3.47. The molecule has 1 aliphatic carbocycles. The van der Waals surface area contributed by atoms with Crippen LogP contribution < -0.4 is 5.32 Å². The van der Waals surface area contributed by atoms with Gasteiger partial charge in [0.2, 0.25) is 0 Å². The van der Waals surface area contributed by atoms with Crippen LogP contribution in [0.1, 0.15) is 36.2 Å². The van der Waals surface area contributed by atoms with Crippen LogP contribution in [0, 0.1) is 5.92 Å². The van der Waals surface area contributed by atoms with Crippen LogP contribution in [0.5, 0.6) is 0 Å². The van der Waals surface area contributed by atoms with E-state index in [1.165, 1.54) is 18.9 Å². The molecule has 18 heavy (non-hydrogen) atoms. The van der Waals surface area contributed by atoms with E-state index < -0.39 is 5.97 Å². The zero-order valence-electron chi connectivity index (χ0n) is 10.2. The lowest BCUT2D eigenvalue weighted by Crippen LogP contribution is -2.31. The van der Waals surface area contributed by atoms with Crippen molar-refractivity contribution in [2.24, 2.45) is 5.92 Å². The molecule has 0 spiro atoms. The van der Waals surface area contributed by atoms with Crippen molar-refractivity contribution in [2.45, 2.75) is 31.7 Å². The molecule has 1 aromatic heterocycles. The van der Waals surface area contributed by atoms with E-state index in [1.807, 2.05) is 0 Å². The zero-order chi connectivity index (χ0) is 13.0. The van der Waals surface area contributed by atoms with Crippen LogP contribution in [0.4, 0.5) is 5.82 Å². The minimum atomic E-state index is -1.04. The first-order valence-corrected chi connectivity index (χ1v) is 6.28. The first-order chi connectivity index (χ1) is 8.70. The van der Waals surface area contributed by atoms with Gasteiger partial charge in [-0.2, -0.15) is 0 Å². The number of aliphatic hydroxyl groups is 1. The maximum Gasteiger partial charge on any atom is 0.354 e. The van der Waals surface area contributed by atoms with Crippen molar-refractivity contribution < 1.29 is 15.0 Å². The fourth-order valence-corrected chi connectivity index (χ4v) is 2.50. The van der Waals surface area contributed by atoms with Crippen LogP contribution in [-0.4, -0.2) is 33.8 Å². The number of pyridine rings is 1.